The molecule has 0 unspecified atom stereocenters. The van der Waals surface area contributed by atoms with E-state index in [-0.39, 0.29) is 5.91 Å². The Kier molecular flexibility index (Phi) is 8.75. The number of H-pyrrole nitrogens is 1. The van der Waals surface area contributed by atoms with Crippen molar-refractivity contribution in [2.45, 2.75) is 32.9 Å². The quantitative estimate of drug-likeness (QED) is 0.479. The summed E-state index contributed by atoms with van der Waals surface area (Å²) < 4.78 is 37.1. The number of imidazole rings is 1. The summed E-state index contributed by atoms with van der Waals surface area (Å²) in [5.74, 6) is -1.64. The highest BCUT2D eigenvalue weighted by Gasteiger charge is 2.38. The van der Waals surface area contributed by atoms with Gasteiger partial charge in [0.25, 0.3) is 5.91 Å². The maximum absolute atomic E-state index is 12.6. The number of carboxylic acid groups (broad SMARTS) is 1. The zero-order chi connectivity index (χ0) is 26.3. The second-order valence-electron chi connectivity index (χ2n) is 8.26. The van der Waals surface area contributed by atoms with Crippen LogP contribution in [-0.4, -0.2) is 62.9 Å². The lowest BCUT2D eigenvalue weighted by Gasteiger charge is -2.22. The number of nitrogens with zero attached hydrogens (tertiary/aromatic N) is 3. The molecule has 0 aromatic carbocycles. The molecule has 3 aromatic rings. The first-order valence-corrected chi connectivity index (χ1v) is 11.2. The van der Waals surface area contributed by atoms with Crippen molar-refractivity contribution in [3.05, 3.63) is 53.7 Å². The molecule has 1 amide bonds. The molecule has 1 aliphatic rings. The summed E-state index contributed by atoms with van der Waals surface area (Å²) >= 11 is 0. The molecule has 1 saturated heterocycles. The number of rotatable bonds is 5. The van der Waals surface area contributed by atoms with Crippen molar-refractivity contribution in [1.29, 1.82) is 0 Å². The third-order valence-electron chi connectivity index (χ3n) is 5.60. The minimum Gasteiger partial charge on any atom is -0.475 e. The molecule has 3 aromatic heterocycles. The highest BCUT2D eigenvalue weighted by Crippen LogP contribution is 2.24. The summed E-state index contributed by atoms with van der Waals surface area (Å²) in [4.78, 5) is 38.0. The molecule has 9 nitrogen and oxygen atoms in total. The Morgan fingerprint density at radius 2 is 1.86 bits per heavy atom. The van der Waals surface area contributed by atoms with Crippen molar-refractivity contribution in [2.24, 2.45) is 5.92 Å². The van der Waals surface area contributed by atoms with Gasteiger partial charge in [0.2, 0.25) is 0 Å². The summed E-state index contributed by atoms with van der Waals surface area (Å²) in [6.07, 6.45) is 2.00. The Hall–Kier alpha value is -3.80. The van der Waals surface area contributed by atoms with Gasteiger partial charge in [0.15, 0.2) is 5.82 Å². The van der Waals surface area contributed by atoms with Crippen LogP contribution in [0, 0.1) is 19.8 Å². The van der Waals surface area contributed by atoms with Crippen LogP contribution in [0.4, 0.5) is 13.2 Å². The Morgan fingerprint density at radius 3 is 2.47 bits per heavy atom. The number of hydrogen-bond donors (Lipinski definition) is 3. The highest BCUT2D eigenvalue weighted by molar-refractivity contribution is 5.95. The second kappa shape index (κ2) is 11.8. The van der Waals surface area contributed by atoms with Gasteiger partial charge in [0, 0.05) is 49.6 Å². The molecule has 36 heavy (non-hydrogen) atoms. The summed E-state index contributed by atoms with van der Waals surface area (Å²) in [7, 11) is 0. The van der Waals surface area contributed by atoms with E-state index in [4.69, 9.17) is 14.6 Å². The fourth-order valence-corrected chi connectivity index (χ4v) is 3.42. The molecule has 12 heteroatoms. The van der Waals surface area contributed by atoms with Gasteiger partial charge in [-0.3, -0.25) is 14.8 Å². The number of aromatic amines is 1. The summed E-state index contributed by atoms with van der Waals surface area (Å²) in [5.41, 5.74) is 5.10. The van der Waals surface area contributed by atoms with Gasteiger partial charge in [-0.1, -0.05) is 0 Å². The van der Waals surface area contributed by atoms with Crippen molar-refractivity contribution >= 4 is 11.9 Å². The van der Waals surface area contributed by atoms with Crippen molar-refractivity contribution in [2.75, 3.05) is 19.8 Å². The molecule has 192 valence electrons. The van der Waals surface area contributed by atoms with Crippen LogP contribution in [-0.2, 0) is 9.53 Å². The fourth-order valence-electron chi connectivity index (χ4n) is 3.42. The van der Waals surface area contributed by atoms with Crippen molar-refractivity contribution < 1.29 is 32.6 Å². The zero-order valence-electron chi connectivity index (χ0n) is 19.7. The molecule has 1 fully saturated rings. The largest absolute Gasteiger partial charge is 0.490 e. The van der Waals surface area contributed by atoms with E-state index >= 15 is 0 Å². The fraction of sp³-hybridized carbons (Fsp3) is 0.375. The van der Waals surface area contributed by atoms with Crippen molar-refractivity contribution in [3.8, 4) is 22.6 Å². The summed E-state index contributed by atoms with van der Waals surface area (Å²) in [6, 6.07) is 5.73. The SMILES string of the molecule is Cc1nc(-c2cc(-c3cncc(C(=O)NCC4CCOCC4)c3)ccn2)[nH]c1C.O=C(O)C(F)(F)F. The number of aromatic nitrogens is 4. The van der Waals surface area contributed by atoms with Crippen LogP contribution in [0.1, 0.15) is 34.6 Å². The third kappa shape index (κ3) is 7.35. The number of aliphatic carboxylic acids is 1. The number of halogens is 3. The van der Waals surface area contributed by atoms with Crippen molar-refractivity contribution in [1.82, 2.24) is 25.3 Å². The predicted octanol–water partition coefficient (Wildman–Crippen LogP) is 3.94. The van der Waals surface area contributed by atoms with E-state index in [9.17, 15) is 18.0 Å². The van der Waals surface area contributed by atoms with E-state index in [2.05, 4.69) is 25.3 Å². The van der Waals surface area contributed by atoms with E-state index in [1.165, 1.54) is 0 Å². The number of hydrogen-bond acceptors (Lipinski definition) is 6. The monoisotopic (exact) mass is 505 g/mol. The van der Waals surface area contributed by atoms with Gasteiger partial charge in [-0.25, -0.2) is 9.78 Å². The van der Waals surface area contributed by atoms with Crippen LogP contribution in [0.15, 0.2) is 36.8 Å². The van der Waals surface area contributed by atoms with E-state index in [1.807, 2.05) is 32.0 Å². The molecule has 0 radical (unpaired) electrons. The van der Waals surface area contributed by atoms with E-state index in [0.29, 0.717) is 18.0 Å². The maximum atomic E-state index is 12.6. The smallest absolute Gasteiger partial charge is 0.475 e. The lowest BCUT2D eigenvalue weighted by atomic mass is 10.0. The Morgan fingerprint density at radius 1 is 1.17 bits per heavy atom. The average molecular weight is 505 g/mol. The van der Waals surface area contributed by atoms with Crippen LogP contribution in [0.3, 0.4) is 0 Å². The first-order valence-electron chi connectivity index (χ1n) is 11.2. The molecular weight excluding hydrogens is 479 g/mol. The number of alkyl halides is 3. The van der Waals surface area contributed by atoms with Crippen LogP contribution >= 0.6 is 0 Å². The number of ether oxygens (including phenoxy) is 1. The number of nitrogens with one attached hydrogen (secondary N) is 2. The molecule has 0 atom stereocenters. The molecule has 1 aliphatic heterocycles. The van der Waals surface area contributed by atoms with Crippen molar-refractivity contribution in [3.63, 3.8) is 0 Å². The molecule has 0 saturated carbocycles. The lowest BCUT2D eigenvalue weighted by Crippen LogP contribution is -2.32. The van der Waals surface area contributed by atoms with Crippen LogP contribution in [0.25, 0.3) is 22.6 Å². The molecule has 4 heterocycles. The Balaban J connectivity index is 0.000000454. The number of amides is 1. The Labute approximate surface area is 205 Å². The highest BCUT2D eigenvalue weighted by atomic mass is 19.4. The van der Waals surface area contributed by atoms with E-state index in [0.717, 1.165) is 60.1 Å². The molecule has 0 bridgehead atoms. The van der Waals surface area contributed by atoms with Gasteiger partial charge >= 0.3 is 12.1 Å². The summed E-state index contributed by atoms with van der Waals surface area (Å²) in [6.45, 7) is 6.17. The van der Waals surface area contributed by atoms with Gasteiger partial charge in [-0.2, -0.15) is 13.2 Å². The molecule has 0 spiro atoms. The van der Waals surface area contributed by atoms with Crippen LogP contribution in [0.2, 0.25) is 0 Å². The molecule has 0 aliphatic carbocycles. The first kappa shape index (κ1) is 26.8. The van der Waals surface area contributed by atoms with Gasteiger partial charge in [0.05, 0.1) is 11.3 Å². The molecule has 3 N–H and O–H groups in total. The Bertz CT molecular complexity index is 1190. The number of pyridine rings is 2. The zero-order valence-corrected chi connectivity index (χ0v) is 19.7. The van der Waals surface area contributed by atoms with Gasteiger partial charge in [-0.15, -0.1) is 0 Å². The molecular formula is C24H26F3N5O4. The van der Waals surface area contributed by atoms with Crippen LogP contribution < -0.4 is 5.32 Å². The van der Waals surface area contributed by atoms with Crippen LogP contribution in [0.5, 0.6) is 0 Å². The van der Waals surface area contributed by atoms with Gasteiger partial charge in [0.1, 0.15) is 5.69 Å². The standard InChI is InChI=1S/C22H25N5O2.C2HF3O2/c1-14-15(2)27-21(26-14)20-10-17(3-6-24-20)18-9-19(13-23-12-18)22(28)25-11-16-4-7-29-8-5-16;3-2(4,5)1(6)7/h3,6,9-10,12-13,16H,4-5,7-8,11H2,1-2H3,(H,25,28)(H,26,27);(H,6,7). The average Bonchev–Trinajstić information content (AvgIpc) is 3.21. The topological polar surface area (TPSA) is 130 Å². The van der Waals surface area contributed by atoms with E-state index in [1.54, 1.807) is 18.6 Å². The van der Waals surface area contributed by atoms with Gasteiger partial charge in [-0.05, 0) is 56.4 Å². The second-order valence-corrected chi connectivity index (χ2v) is 8.26. The molecule has 4 rings (SSSR count). The van der Waals surface area contributed by atoms with E-state index < -0.39 is 12.1 Å². The minimum absolute atomic E-state index is 0.0996. The number of carbonyl (C=O) groups excluding carboxylic acids is 1. The predicted molar refractivity (Wildman–Crippen MR) is 124 cm³/mol. The normalized spacial score (nSPS) is 14.0. The first-order chi connectivity index (χ1) is 17.0. The maximum Gasteiger partial charge on any atom is 0.490 e. The summed E-state index contributed by atoms with van der Waals surface area (Å²) in [5, 5.41) is 10.2. The number of carbonyl (C=O) groups is 2. The third-order valence-corrected chi connectivity index (χ3v) is 5.60. The number of aryl methyl sites for hydroxylation is 2. The van der Waals surface area contributed by atoms with Gasteiger partial charge < -0.3 is 20.1 Å². The lowest BCUT2D eigenvalue weighted by molar-refractivity contribution is -0.192. The minimum atomic E-state index is -5.08. The number of carboxylic acids is 1.